The standard InChI is InChI=1S/C19H24N4O2/c1-19(2)16(14-9-11-25-17(14)19)21-18(24)20-15-8-10-23(22-15)12-13-6-4-3-5-7-13/h3-8,10,14,16-17H,9,11-12H2,1-2H3,(H2,20,21,22,24). The molecular formula is C19H24N4O2. The van der Waals surface area contributed by atoms with Crippen molar-refractivity contribution in [2.75, 3.05) is 11.9 Å². The second-order valence-electron chi connectivity index (χ2n) is 7.53. The monoisotopic (exact) mass is 340 g/mol. The van der Waals surface area contributed by atoms with Crippen molar-refractivity contribution in [2.24, 2.45) is 11.3 Å². The Morgan fingerprint density at radius 2 is 2.12 bits per heavy atom. The molecule has 2 fully saturated rings. The fourth-order valence-corrected chi connectivity index (χ4v) is 4.20. The van der Waals surface area contributed by atoms with Crippen LogP contribution in [0.3, 0.4) is 0 Å². The molecule has 0 bridgehead atoms. The van der Waals surface area contributed by atoms with E-state index in [1.165, 1.54) is 5.56 Å². The second kappa shape index (κ2) is 6.19. The average molecular weight is 340 g/mol. The van der Waals surface area contributed by atoms with Crippen LogP contribution in [-0.2, 0) is 11.3 Å². The van der Waals surface area contributed by atoms with Gasteiger partial charge in [0.15, 0.2) is 5.82 Å². The Balaban J connectivity index is 1.34. The predicted molar refractivity (Wildman–Crippen MR) is 95.3 cm³/mol. The molecule has 1 aromatic heterocycles. The Kier molecular flexibility index (Phi) is 4.00. The van der Waals surface area contributed by atoms with Crippen LogP contribution in [0.5, 0.6) is 0 Å². The van der Waals surface area contributed by atoms with Gasteiger partial charge in [0.05, 0.1) is 12.6 Å². The summed E-state index contributed by atoms with van der Waals surface area (Å²) in [6.07, 6.45) is 3.16. The van der Waals surface area contributed by atoms with Crippen molar-refractivity contribution in [3.8, 4) is 0 Å². The number of fused-ring (bicyclic) bond motifs is 1. The van der Waals surface area contributed by atoms with Gasteiger partial charge in [-0.1, -0.05) is 44.2 Å². The van der Waals surface area contributed by atoms with Gasteiger partial charge in [-0.25, -0.2) is 4.79 Å². The highest BCUT2D eigenvalue weighted by Gasteiger charge is 2.59. The maximum absolute atomic E-state index is 12.3. The van der Waals surface area contributed by atoms with Gasteiger partial charge in [-0.3, -0.25) is 10.00 Å². The zero-order valence-corrected chi connectivity index (χ0v) is 14.6. The SMILES string of the molecule is CC1(C)C(NC(=O)Nc2ccn(Cc3ccccc3)n2)C2CCOC21. The third-order valence-corrected chi connectivity index (χ3v) is 5.46. The van der Waals surface area contributed by atoms with Crippen LogP contribution in [0.25, 0.3) is 0 Å². The maximum Gasteiger partial charge on any atom is 0.320 e. The summed E-state index contributed by atoms with van der Waals surface area (Å²) in [6, 6.07) is 11.9. The van der Waals surface area contributed by atoms with E-state index in [-0.39, 0.29) is 23.6 Å². The van der Waals surface area contributed by atoms with Gasteiger partial charge in [0, 0.05) is 36.2 Å². The van der Waals surface area contributed by atoms with Crippen molar-refractivity contribution in [1.29, 1.82) is 0 Å². The number of ether oxygens (including phenoxy) is 1. The highest BCUT2D eigenvalue weighted by atomic mass is 16.5. The molecule has 1 aliphatic carbocycles. The third kappa shape index (κ3) is 3.02. The van der Waals surface area contributed by atoms with Crippen LogP contribution in [0.1, 0.15) is 25.8 Å². The first-order valence-corrected chi connectivity index (χ1v) is 8.80. The van der Waals surface area contributed by atoms with E-state index in [2.05, 4.69) is 41.7 Å². The summed E-state index contributed by atoms with van der Waals surface area (Å²) < 4.78 is 7.59. The minimum atomic E-state index is -0.201. The smallest absolute Gasteiger partial charge is 0.320 e. The summed E-state index contributed by atoms with van der Waals surface area (Å²) in [4.78, 5) is 12.3. The Labute approximate surface area is 147 Å². The van der Waals surface area contributed by atoms with Crippen molar-refractivity contribution < 1.29 is 9.53 Å². The lowest BCUT2D eigenvalue weighted by Gasteiger charge is -2.54. The number of urea groups is 1. The number of carbonyl (C=O) groups excluding carboxylic acids is 1. The number of anilines is 1. The zero-order valence-electron chi connectivity index (χ0n) is 14.6. The molecule has 2 aromatic rings. The van der Waals surface area contributed by atoms with Crippen molar-refractivity contribution in [3.63, 3.8) is 0 Å². The molecule has 2 N–H and O–H groups in total. The molecule has 1 saturated heterocycles. The minimum Gasteiger partial charge on any atom is -0.377 e. The van der Waals surface area contributed by atoms with Crippen molar-refractivity contribution in [3.05, 3.63) is 48.2 Å². The molecule has 6 nitrogen and oxygen atoms in total. The number of aromatic nitrogens is 2. The van der Waals surface area contributed by atoms with E-state index in [9.17, 15) is 4.79 Å². The van der Waals surface area contributed by atoms with Gasteiger partial charge < -0.3 is 10.1 Å². The highest BCUT2D eigenvalue weighted by molar-refractivity contribution is 5.88. The summed E-state index contributed by atoms with van der Waals surface area (Å²) in [5.74, 6) is 0.987. The van der Waals surface area contributed by atoms with Gasteiger partial charge in [-0.05, 0) is 12.0 Å². The number of hydrogen-bond acceptors (Lipinski definition) is 3. The van der Waals surface area contributed by atoms with Crippen molar-refractivity contribution in [2.45, 2.75) is 39.0 Å². The first kappa shape index (κ1) is 16.1. The maximum atomic E-state index is 12.3. The molecule has 1 aliphatic heterocycles. The van der Waals surface area contributed by atoms with E-state index in [0.717, 1.165) is 13.0 Å². The van der Waals surface area contributed by atoms with Crippen LogP contribution in [0, 0.1) is 11.3 Å². The molecule has 6 heteroatoms. The molecule has 2 amide bonds. The predicted octanol–water partition coefficient (Wildman–Crippen LogP) is 2.87. The van der Waals surface area contributed by atoms with E-state index in [1.807, 2.05) is 35.1 Å². The van der Waals surface area contributed by atoms with Gasteiger partial charge >= 0.3 is 6.03 Å². The largest absolute Gasteiger partial charge is 0.377 e. The fourth-order valence-electron chi connectivity index (χ4n) is 4.20. The molecule has 0 spiro atoms. The summed E-state index contributed by atoms with van der Waals surface area (Å²) in [6.45, 7) is 5.78. The van der Waals surface area contributed by atoms with Gasteiger partial charge in [0.2, 0.25) is 0 Å². The lowest BCUT2D eigenvalue weighted by Crippen LogP contribution is -2.67. The molecule has 1 saturated carbocycles. The molecule has 2 aliphatic rings. The van der Waals surface area contributed by atoms with Crippen LogP contribution in [0.15, 0.2) is 42.6 Å². The first-order chi connectivity index (χ1) is 12.0. The molecule has 132 valence electrons. The number of benzene rings is 1. The molecule has 3 atom stereocenters. The number of carbonyl (C=O) groups is 1. The molecule has 25 heavy (non-hydrogen) atoms. The summed E-state index contributed by atoms with van der Waals surface area (Å²) in [5, 5.41) is 10.4. The van der Waals surface area contributed by atoms with Crippen molar-refractivity contribution in [1.82, 2.24) is 15.1 Å². The van der Waals surface area contributed by atoms with Gasteiger partial charge in [0.25, 0.3) is 0 Å². The number of hydrogen-bond donors (Lipinski definition) is 2. The topological polar surface area (TPSA) is 68.2 Å². The minimum absolute atomic E-state index is 0.0226. The number of rotatable bonds is 4. The van der Waals surface area contributed by atoms with Crippen LogP contribution < -0.4 is 10.6 Å². The van der Waals surface area contributed by atoms with Crippen LogP contribution >= 0.6 is 0 Å². The lowest BCUT2D eigenvalue weighted by molar-refractivity contribution is -0.107. The molecule has 3 unspecified atom stereocenters. The first-order valence-electron chi connectivity index (χ1n) is 8.80. The van der Waals surface area contributed by atoms with E-state index in [0.29, 0.717) is 18.3 Å². The molecular weight excluding hydrogens is 316 g/mol. The lowest BCUT2D eigenvalue weighted by atomic mass is 9.57. The summed E-state index contributed by atoms with van der Waals surface area (Å²) >= 11 is 0. The number of amides is 2. The quantitative estimate of drug-likeness (QED) is 0.899. The highest BCUT2D eigenvalue weighted by Crippen LogP contribution is 2.52. The molecule has 2 heterocycles. The Morgan fingerprint density at radius 1 is 1.32 bits per heavy atom. The average Bonchev–Trinajstić information content (AvgIpc) is 3.22. The van der Waals surface area contributed by atoms with E-state index in [4.69, 9.17) is 4.74 Å². The van der Waals surface area contributed by atoms with Crippen LogP contribution in [-0.4, -0.2) is 34.6 Å². The van der Waals surface area contributed by atoms with Gasteiger partial charge in [-0.2, -0.15) is 5.10 Å². The van der Waals surface area contributed by atoms with E-state index < -0.39 is 0 Å². The summed E-state index contributed by atoms with van der Waals surface area (Å²) in [7, 11) is 0. The van der Waals surface area contributed by atoms with E-state index >= 15 is 0 Å². The molecule has 0 radical (unpaired) electrons. The van der Waals surface area contributed by atoms with Crippen LogP contribution in [0.2, 0.25) is 0 Å². The van der Waals surface area contributed by atoms with Crippen molar-refractivity contribution >= 4 is 11.8 Å². The fraction of sp³-hybridized carbons (Fsp3) is 0.474. The van der Waals surface area contributed by atoms with Gasteiger partial charge in [0.1, 0.15) is 0 Å². The summed E-state index contributed by atoms with van der Waals surface area (Å²) in [5.41, 5.74) is 1.15. The van der Waals surface area contributed by atoms with Gasteiger partial charge in [-0.15, -0.1) is 0 Å². The van der Waals surface area contributed by atoms with E-state index in [1.54, 1.807) is 0 Å². The Morgan fingerprint density at radius 3 is 2.92 bits per heavy atom. The third-order valence-electron chi connectivity index (χ3n) is 5.46. The normalized spacial score (nSPS) is 26.6. The Hall–Kier alpha value is -2.34. The zero-order chi connectivity index (χ0) is 17.4. The van der Waals surface area contributed by atoms with Crippen LogP contribution in [0.4, 0.5) is 10.6 Å². The molecule has 4 rings (SSSR count). The Bertz CT molecular complexity index is 756. The second-order valence-corrected chi connectivity index (χ2v) is 7.53. The molecule has 1 aromatic carbocycles. The number of nitrogens with one attached hydrogen (secondary N) is 2. The number of nitrogens with zero attached hydrogens (tertiary/aromatic N) is 2.